The lowest BCUT2D eigenvalue weighted by molar-refractivity contribution is 0.895. The minimum atomic E-state index is 0.899. The molecule has 84 valence electrons. The number of anilines is 1. The number of aryl methyl sites for hydroxylation is 1. The van der Waals surface area contributed by atoms with Crippen LogP contribution in [0.2, 0.25) is 0 Å². The van der Waals surface area contributed by atoms with Crippen molar-refractivity contribution in [1.82, 2.24) is 4.98 Å². The van der Waals surface area contributed by atoms with Crippen LogP contribution in [-0.4, -0.2) is 10.7 Å². The fourth-order valence-corrected chi connectivity index (χ4v) is 2.47. The van der Waals surface area contributed by atoms with E-state index in [1.165, 1.54) is 18.6 Å². The van der Waals surface area contributed by atoms with Gasteiger partial charge >= 0.3 is 0 Å². The Bertz CT molecular complexity index is 324. The van der Waals surface area contributed by atoms with E-state index in [4.69, 9.17) is 5.73 Å². The van der Waals surface area contributed by atoms with Crippen LogP contribution in [0, 0.1) is 13.8 Å². The van der Waals surface area contributed by atoms with Crippen LogP contribution in [0.1, 0.15) is 36.6 Å². The highest BCUT2D eigenvalue weighted by atomic mass is 32.2. The summed E-state index contributed by atoms with van der Waals surface area (Å²) in [5, 5.41) is 0. The first-order valence-corrected chi connectivity index (χ1v) is 6.60. The van der Waals surface area contributed by atoms with Crippen LogP contribution in [0.25, 0.3) is 0 Å². The van der Waals surface area contributed by atoms with Gasteiger partial charge in [-0.3, -0.25) is 4.98 Å². The van der Waals surface area contributed by atoms with Crippen LogP contribution in [0.3, 0.4) is 0 Å². The van der Waals surface area contributed by atoms with Crippen LogP contribution < -0.4 is 5.73 Å². The lowest BCUT2D eigenvalue weighted by Gasteiger charge is -2.09. The zero-order valence-electron chi connectivity index (χ0n) is 9.84. The Morgan fingerprint density at radius 2 is 2.13 bits per heavy atom. The maximum atomic E-state index is 5.96. The molecule has 0 aliphatic carbocycles. The van der Waals surface area contributed by atoms with Crippen molar-refractivity contribution in [1.29, 1.82) is 0 Å². The molecule has 2 nitrogen and oxygen atoms in total. The molecule has 0 amide bonds. The number of hydrogen-bond donors (Lipinski definition) is 1. The summed E-state index contributed by atoms with van der Waals surface area (Å²) < 4.78 is 0. The summed E-state index contributed by atoms with van der Waals surface area (Å²) >= 11 is 1.94. The fraction of sp³-hybridized carbons (Fsp3) is 0.583. The summed E-state index contributed by atoms with van der Waals surface area (Å²) in [7, 11) is 0. The minimum absolute atomic E-state index is 0.899. The van der Waals surface area contributed by atoms with Gasteiger partial charge in [0.2, 0.25) is 0 Å². The van der Waals surface area contributed by atoms with Crippen LogP contribution in [0.15, 0.2) is 6.20 Å². The van der Waals surface area contributed by atoms with Crippen LogP contribution in [0.4, 0.5) is 5.69 Å². The smallest absolute Gasteiger partial charge is 0.0552 e. The van der Waals surface area contributed by atoms with E-state index in [-0.39, 0.29) is 0 Å². The van der Waals surface area contributed by atoms with Crippen LogP contribution in [-0.2, 0) is 5.75 Å². The van der Waals surface area contributed by atoms with Crippen molar-refractivity contribution in [2.45, 2.75) is 39.4 Å². The van der Waals surface area contributed by atoms with E-state index in [1.54, 1.807) is 0 Å². The predicted molar refractivity (Wildman–Crippen MR) is 69.2 cm³/mol. The van der Waals surface area contributed by atoms with Gasteiger partial charge in [-0.1, -0.05) is 13.3 Å². The van der Waals surface area contributed by atoms with Gasteiger partial charge in [-0.25, -0.2) is 0 Å². The van der Waals surface area contributed by atoms with Crippen LogP contribution in [0.5, 0.6) is 0 Å². The number of pyridine rings is 1. The second-order valence-electron chi connectivity index (χ2n) is 3.83. The Balaban J connectivity index is 2.58. The SMILES string of the molecule is CCCCSCc1ncc(C)c(N)c1C. The van der Waals surface area contributed by atoms with Crippen molar-refractivity contribution < 1.29 is 0 Å². The molecule has 0 unspecified atom stereocenters. The quantitative estimate of drug-likeness (QED) is 0.780. The van der Waals surface area contributed by atoms with Crippen LogP contribution >= 0.6 is 11.8 Å². The minimum Gasteiger partial charge on any atom is -0.398 e. The summed E-state index contributed by atoms with van der Waals surface area (Å²) in [5.41, 5.74) is 10.2. The average molecular weight is 224 g/mol. The molecule has 2 N–H and O–H groups in total. The van der Waals surface area contributed by atoms with Gasteiger partial charge in [-0.05, 0) is 37.1 Å². The Morgan fingerprint density at radius 3 is 2.80 bits per heavy atom. The summed E-state index contributed by atoms with van der Waals surface area (Å²) in [6.07, 6.45) is 4.42. The van der Waals surface area contributed by atoms with Gasteiger partial charge in [-0.2, -0.15) is 11.8 Å². The number of nitrogen functional groups attached to an aromatic ring is 1. The molecule has 1 rings (SSSR count). The normalized spacial score (nSPS) is 10.6. The maximum absolute atomic E-state index is 5.96. The highest BCUT2D eigenvalue weighted by Crippen LogP contribution is 2.21. The number of nitrogens with two attached hydrogens (primary N) is 1. The molecule has 0 saturated heterocycles. The zero-order chi connectivity index (χ0) is 11.3. The second kappa shape index (κ2) is 6.01. The highest BCUT2D eigenvalue weighted by Gasteiger charge is 2.05. The Kier molecular flexibility index (Phi) is 4.95. The number of nitrogens with zero attached hydrogens (tertiary/aromatic N) is 1. The van der Waals surface area contributed by atoms with Gasteiger partial charge in [0.05, 0.1) is 5.69 Å². The fourth-order valence-electron chi connectivity index (χ4n) is 1.35. The van der Waals surface area contributed by atoms with Crippen molar-refractivity contribution in [3.05, 3.63) is 23.0 Å². The largest absolute Gasteiger partial charge is 0.398 e. The molecule has 0 fully saturated rings. The molecule has 15 heavy (non-hydrogen) atoms. The van der Waals surface area contributed by atoms with Crippen molar-refractivity contribution in [2.75, 3.05) is 11.5 Å². The Hall–Kier alpha value is -0.700. The molecular formula is C12H20N2S. The van der Waals surface area contributed by atoms with Gasteiger partial charge in [-0.15, -0.1) is 0 Å². The van der Waals surface area contributed by atoms with Crippen molar-refractivity contribution in [3.8, 4) is 0 Å². The zero-order valence-corrected chi connectivity index (χ0v) is 10.7. The molecule has 3 heteroatoms. The van der Waals surface area contributed by atoms with Crippen molar-refractivity contribution >= 4 is 17.4 Å². The van der Waals surface area contributed by atoms with E-state index in [2.05, 4.69) is 18.8 Å². The van der Waals surface area contributed by atoms with E-state index >= 15 is 0 Å². The van der Waals surface area contributed by atoms with Crippen molar-refractivity contribution in [2.24, 2.45) is 0 Å². The molecule has 0 aliphatic rings. The summed E-state index contributed by atoms with van der Waals surface area (Å²) in [4.78, 5) is 4.44. The second-order valence-corrected chi connectivity index (χ2v) is 4.94. The van der Waals surface area contributed by atoms with E-state index in [1.807, 2.05) is 24.9 Å². The molecule has 0 atom stereocenters. The molecule has 0 spiro atoms. The lowest BCUT2D eigenvalue weighted by Crippen LogP contribution is -2.00. The van der Waals surface area contributed by atoms with E-state index in [9.17, 15) is 0 Å². The number of rotatable bonds is 5. The third-order valence-corrected chi connectivity index (χ3v) is 3.61. The van der Waals surface area contributed by atoms with Gasteiger partial charge in [0, 0.05) is 17.6 Å². The van der Waals surface area contributed by atoms with Gasteiger partial charge in [0.15, 0.2) is 0 Å². The molecule has 1 aromatic heterocycles. The predicted octanol–water partition coefficient (Wildman–Crippen LogP) is 3.31. The number of unbranched alkanes of at least 4 members (excludes halogenated alkanes) is 1. The molecule has 0 aromatic carbocycles. The molecule has 0 saturated carbocycles. The first-order chi connectivity index (χ1) is 7.16. The summed E-state index contributed by atoms with van der Waals surface area (Å²) in [5.74, 6) is 2.20. The average Bonchev–Trinajstić information content (AvgIpc) is 2.24. The number of hydrogen-bond acceptors (Lipinski definition) is 3. The third-order valence-electron chi connectivity index (χ3n) is 2.56. The topological polar surface area (TPSA) is 38.9 Å². The van der Waals surface area contributed by atoms with E-state index < -0.39 is 0 Å². The first kappa shape index (κ1) is 12.4. The van der Waals surface area contributed by atoms with Gasteiger partial charge in [0.25, 0.3) is 0 Å². The van der Waals surface area contributed by atoms with Crippen molar-refractivity contribution in [3.63, 3.8) is 0 Å². The van der Waals surface area contributed by atoms with E-state index in [0.717, 1.165) is 28.3 Å². The highest BCUT2D eigenvalue weighted by molar-refractivity contribution is 7.98. The summed E-state index contributed by atoms with van der Waals surface area (Å²) in [6, 6.07) is 0. The summed E-state index contributed by atoms with van der Waals surface area (Å²) in [6.45, 7) is 6.28. The Morgan fingerprint density at radius 1 is 1.40 bits per heavy atom. The monoisotopic (exact) mass is 224 g/mol. The molecule has 0 aliphatic heterocycles. The van der Waals surface area contributed by atoms with Gasteiger partial charge < -0.3 is 5.73 Å². The first-order valence-electron chi connectivity index (χ1n) is 5.45. The number of aromatic nitrogens is 1. The standard InChI is InChI=1S/C12H20N2S/c1-4-5-6-15-8-11-10(3)12(13)9(2)7-14-11/h7H,4-6,8H2,1-3H3,(H2,13,14). The molecule has 1 heterocycles. The van der Waals surface area contributed by atoms with Gasteiger partial charge in [0.1, 0.15) is 0 Å². The maximum Gasteiger partial charge on any atom is 0.0552 e. The lowest BCUT2D eigenvalue weighted by atomic mass is 10.1. The Labute approximate surface area is 96.7 Å². The third kappa shape index (κ3) is 3.42. The van der Waals surface area contributed by atoms with E-state index in [0.29, 0.717) is 0 Å². The molecule has 0 radical (unpaired) electrons. The molecular weight excluding hydrogens is 204 g/mol. The molecule has 0 bridgehead atoms. The molecule has 1 aromatic rings. The number of thioether (sulfide) groups is 1.